The fourth-order valence-corrected chi connectivity index (χ4v) is 3.54. The van der Waals surface area contributed by atoms with E-state index in [4.69, 9.17) is 21.4 Å². The highest BCUT2D eigenvalue weighted by molar-refractivity contribution is 5.99. The maximum absolute atomic E-state index is 12.9. The van der Waals surface area contributed by atoms with E-state index in [1.54, 1.807) is 44.2 Å². The first-order chi connectivity index (χ1) is 20.7. The van der Waals surface area contributed by atoms with Crippen molar-refractivity contribution in [2.24, 2.45) is 22.4 Å². The second-order valence-electron chi connectivity index (χ2n) is 9.66. The summed E-state index contributed by atoms with van der Waals surface area (Å²) >= 11 is 0. The maximum atomic E-state index is 12.9. The summed E-state index contributed by atoms with van der Waals surface area (Å²) in [7, 11) is 0. The number of nitrogens with two attached hydrogens (primary N) is 2. The van der Waals surface area contributed by atoms with E-state index in [1.807, 2.05) is 0 Å². The number of aliphatic carboxylic acids is 1. The number of non-ortho nitro benzene ring substituents is 1. The number of aliphatic imine (C=N–C) groups is 1. The minimum absolute atomic E-state index is 0.113. The first kappa shape index (κ1) is 36.5. The lowest BCUT2D eigenvalue weighted by Gasteiger charge is -2.22. The van der Waals surface area contributed by atoms with Crippen LogP contribution in [0.15, 0.2) is 59.6 Å². The third kappa shape index (κ3) is 14.4. The van der Waals surface area contributed by atoms with Crippen LogP contribution in [0.3, 0.4) is 0 Å². The fourth-order valence-electron chi connectivity index (χ4n) is 3.54. The molecule has 0 fully saturated rings. The number of carbonyl (C=O) groups excluding carboxylic acids is 4. The molecule has 9 N–H and O–H groups in total. The van der Waals surface area contributed by atoms with Gasteiger partial charge >= 0.3 is 0 Å². The first-order valence-electron chi connectivity index (χ1n) is 13.4. The minimum atomic E-state index is -1.02. The molecule has 238 valence electrons. The molecule has 0 radical (unpaired) electrons. The van der Waals surface area contributed by atoms with Crippen LogP contribution in [0.2, 0.25) is 0 Å². The number of guanidine groups is 1. The summed E-state index contributed by atoms with van der Waals surface area (Å²) < 4.78 is 0. The highest BCUT2D eigenvalue weighted by atomic mass is 16.6. The number of carboxylic acids is 1. The topological polar surface area (TPSA) is 261 Å². The number of nitrogens with zero attached hydrogens (tertiary/aromatic N) is 2. The van der Waals surface area contributed by atoms with Gasteiger partial charge in [0, 0.05) is 36.9 Å². The summed E-state index contributed by atoms with van der Waals surface area (Å²) in [5.74, 6) is -3.43. The normalized spacial score (nSPS) is 11.5. The monoisotopic (exact) mass is 614 g/mol. The van der Waals surface area contributed by atoms with Gasteiger partial charge in [-0.2, -0.15) is 0 Å². The van der Waals surface area contributed by atoms with Crippen molar-refractivity contribution >= 4 is 46.9 Å². The van der Waals surface area contributed by atoms with Gasteiger partial charge in [0.05, 0.1) is 11.5 Å². The standard InChI is InChI=1S/C26H34N8O6.C2H4O2/c1-16(2)22(33-23(36)17-7-4-3-5-8-17)25(38)30-15-21(35)32-20(9-6-14-29-26(27)28)24(37)31-18-10-12-19(13-11-18)34(39)40;1-2(3)4/h3-5,7-8,10-13,16,20,22H,6,9,14-15H2,1-2H3,(H,30,38)(H,31,37)(H,32,35)(H,33,36)(H4,27,28,29);1H3,(H,3,4). The predicted molar refractivity (Wildman–Crippen MR) is 162 cm³/mol. The Balaban J connectivity index is 0.00000227. The third-order valence-electron chi connectivity index (χ3n) is 5.64. The van der Waals surface area contributed by atoms with Crippen molar-refractivity contribution in [1.29, 1.82) is 0 Å². The zero-order valence-electron chi connectivity index (χ0n) is 24.6. The van der Waals surface area contributed by atoms with Crippen molar-refractivity contribution < 1.29 is 34.0 Å². The number of benzene rings is 2. The van der Waals surface area contributed by atoms with Crippen LogP contribution in [0.5, 0.6) is 0 Å². The number of rotatable bonds is 14. The summed E-state index contributed by atoms with van der Waals surface area (Å²) in [6, 6.07) is 11.7. The predicted octanol–water partition coefficient (Wildman–Crippen LogP) is 0.733. The average Bonchev–Trinajstić information content (AvgIpc) is 2.96. The lowest BCUT2D eigenvalue weighted by Crippen LogP contribution is -2.53. The van der Waals surface area contributed by atoms with E-state index in [9.17, 15) is 29.3 Å². The Labute approximate surface area is 253 Å². The molecule has 4 amide bonds. The lowest BCUT2D eigenvalue weighted by molar-refractivity contribution is -0.384. The van der Waals surface area contributed by atoms with Crippen molar-refractivity contribution in [2.45, 2.75) is 45.7 Å². The van der Waals surface area contributed by atoms with Crippen LogP contribution in [0, 0.1) is 16.0 Å². The van der Waals surface area contributed by atoms with Gasteiger partial charge in [-0.25, -0.2) is 0 Å². The van der Waals surface area contributed by atoms with Crippen molar-refractivity contribution in [3.63, 3.8) is 0 Å². The van der Waals surface area contributed by atoms with Gasteiger partial charge in [0.15, 0.2) is 5.96 Å². The Bertz CT molecular complexity index is 1310. The molecule has 0 aliphatic carbocycles. The zero-order valence-corrected chi connectivity index (χ0v) is 24.6. The number of hydrogen-bond acceptors (Lipinski definition) is 8. The lowest BCUT2D eigenvalue weighted by atomic mass is 10.0. The van der Waals surface area contributed by atoms with Crippen LogP contribution in [0.1, 0.15) is 44.0 Å². The molecule has 0 aromatic heterocycles. The molecule has 44 heavy (non-hydrogen) atoms. The Morgan fingerprint density at radius 1 is 0.955 bits per heavy atom. The molecule has 0 saturated carbocycles. The van der Waals surface area contributed by atoms with Crippen LogP contribution in [0.4, 0.5) is 11.4 Å². The molecule has 2 unspecified atom stereocenters. The SMILES string of the molecule is CC(=O)O.CC(C)C(NC(=O)c1ccccc1)C(=O)NCC(=O)NC(CCCN=C(N)N)C(=O)Nc1ccc([N+](=O)[O-])cc1. The van der Waals surface area contributed by atoms with Crippen LogP contribution in [-0.2, 0) is 19.2 Å². The summed E-state index contributed by atoms with van der Waals surface area (Å²) in [6.45, 7) is 4.36. The van der Waals surface area contributed by atoms with Gasteiger partial charge < -0.3 is 37.8 Å². The van der Waals surface area contributed by atoms with Gasteiger partial charge in [0.1, 0.15) is 12.1 Å². The quantitative estimate of drug-likeness (QED) is 0.0516. The fraction of sp³-hybridized carbons (Fsp3) is 0.357. The molecule has 0 aliphatic heterocycles. The highest BCUT2D eigenvalue weighted by Crippen LogP contribution is 2.16. The summed E-state index contributed by atoms with van der Waals surface area (Å²) in [6.07, 6.45) is 0.515. The van der Waals surface area contributed by atoms with Gasteiger partial charge in [0.25, 0.3) is 17.6 Å². The van der Waals surface area contributed by atoms with E-state index >= 15 is 0 Å². The molecule has 0 aliphatic rings. The summed E-state index contributed by atoms with van der Waals surface area (Å²) in [5.41, 5.74) is 11.2. The Hall–Kier alpha value is -5.54. The Morgan fingerprint density at radius 2 is 1.55 bits per heavy atom. The molecule has 0 bridgehead atoms. The second-order valence-corrected chi connectivity index (χ2v) is 9.66. The van der Waals surface area contributed by atoms with E-state index in [2.05, 4.69) is 26.3 Å². The van der Waals surface area contributed by atoms with E-state index in [1.165, 1.54) is 24.3 Å². The summed E-state index contributed by atoms with van der Waals surface area (Å²) in [4.78, 5) is 74.0. The number of nitrogens with one attached hydrogen (secondary N) is 4. The molecule has 2 rings (SSSR count). The number of hydrogen-bond donors (Lipinski definition) is 7. The van der Waals surface area contributed by atoms with Gasteiger partial charge in [-0.15, -0.1) is 0 Å². The van der Waals surface area contributed by atoms with E-state index in [0.717, 1.165) is 6.92 Å². The number of carbonyl (C=O) groups is 5. The van der Waals surface area contributed by atoms with E-state index < -0.39 is 53.1 Å². The molecule has 0 spiro atoms. The third-order valence-corrected chi connectivity index (χ3v) is 5.64. The van der Waals surface area contributed by atoms with Gasteiger partial charge in [-0.3, -0.25) is 39.1 Å². The molecule has 16 nitrogen and oxygen atoms in total. The molecule has 0 saturated heterocycles. The first-order valence-corrected chi connectivity index (χ1v) is 13.4. The van der Waals surface area contributed by atoms with Gasteiger partial charge in [-0.1, -0.05) is 32.0 Å². The van der Waals surface area contributed by atoms with E-state index in [0.29, 0.717) is 17.7 Å². The Morgan fingerprint density at radius 3 is 2.07 bits per heavy atom. The number of anilines is 1. The van der Waals surface area contributed by atoms with E-state index in [-0.39, 0.29) is 30.5 Å². The van der Waals surface area contributed by atoms with Crippen molar-refractivity contribution in [1.82, 2.24) is 16.0 Å². The largest absolute Gasteiger partial charge is 0.481 e. The molecule has 16 heteroatoms. The molecule has 2 atom stereocenters. The molecular formula is C28H38N8O8. The smallest absolute Gasteiger partial charge is 0.300 e. The molecule has 0 heterocycles. The molecular weight excluding hydrogens is 576 g/mol. The second kappa shape index (κ2) is 18.8. The summed E-state index contributed by atoms with van der Waals surface area (Å²) in [5, 5.41) is 28.6. The number of nitro benzene ring substituents is 1. The van der Waals surface area contributed by atoms with Gasteiger partial charge in [-0.05, 0) is 43.0 Å². The molecule has 2 aromatic rings. The average molecular weight is 615 g/mol. The maximum Gasteiger partial charge on any atom is 0.300 e. The number of amides is 4. The van der Waals surface area contributed by atoms with Crippen molar-refractivity contribution in [3.8, 4) is 0 Å². The highest BCUT2D eigenvalue weighted by Gasteiger charge is 2.26. The van der Waals surface area contributed by atoms with Crippen LogP contribution in [0.25, 0.3) is 0 Å². The number of carboxylic acid groups (broad SMARTS) is 1. The van der Waals surface area contributed by atoms with Crippen molar-refractivity contribution in [3.05, 3.63) is 70.3 Å². The minimum Gasteiger partial charge on any atom is -0.481 e. The van der Waals surface area contributed by atoms with Crippen LogP contribution < -0.4 is 32.7 Å². The number of nitro groups is 1. The van der Waals surface area contributed by atoms with Gasteiger partial charge in [0.2, 0.25) is 17.7 Å². The van der Waals surface area contributed by atoms with Crippen LogP contribution in [-0.4, -0.2) is 70.8 Å². The Kier molecular flexibility index (Phi) is 15.6. The zero-order chi connectivity index (χ0) is 33.2. The van der Waals surface area contributed by atoms with Crippen LogP contribution >= 0.6 is 0 Å². The molecule has 2 aromatic carbocycles. The van der Waals surface area contributed by atoms with Crippen molar-refractivity contribution in [2.75, 3.05) is 18.4 Å².